The van der Waals surface area contributed by atoms with Crippen molar-refractivity contribution in [2.24, 2.45) is 0 Å². The molecule has 1 aliphatic rings. The number of alkyl halides is 3. The molecule has 3 N–H and O–H groups in total. The van der Waals surface area contributed by atoms with Crippen LogP contribution in [0.3, 0.4) is 0 Å². The number of hydrogen-bond donors (Lipinski definition) is 3. The highest BCUT2D eigenvalue weighted by Gasteiger charge is 2.35. The number of aromatic amines is 1. The van der Waals surface area contributed by atoms with E-state index in [-0.39, 0.29) is 16.6 Å². The van der Waals surface area contributed by atoms with Gasteiger partial charge in [0.15, 0.2) is 0 Å². The molecule has 0 fully saturated rings. The normalized spacial score (nSPS) is 13.9. The van der Waals surface area contributed by atoms with E-state index in [1.165, 1.54) is 23.8 Å². The van der Waals surface area contributed by atoms with Gasteiger partial charge in [-0.05, 0) is 35.4 Å². The Labute approximate surface area is 140 Å². The van der Waals surface area contributed by atoms with Crippen LogP contribution in [0.15, 0.2) is 36.4 Å². The lowest BCUT2D eigenvalue weighted by molar-refractivity contribution is -0.144. The molecule has 2 aromatic carbocycles. The van der Waals surface area contributed by atoms with Crippen LogP contribution in [0.4, 0.5) is 18.9 Å². The van der Waals surface area contributed by atoms with E-state index < -0.39 is 17.9 Å². The number of imidazole rings is 1. The van der Waals surface area contributed by atoms with E-state index in [4.69, 9.17) is 0 Å². The van der Waals surface area contributed by atoms with Crippen LogP contribution in [-0.4, -0.2) is 15.9 Å². The van der Waals surface area contributed by atoms with Gasteiger partial charge in [0.05, 0.1) is 11.1 Å². The standard InChI is InChI=1S/C17H13F3N4O/c18-17(19,20)16-23-13-3-1-2-12(14(13)24-16)15(25)22-11-5-4-9-7-21-8-10(9)6-11/h1-6,21H,7-8H2,(H,22,25)(H,23,24). The molecule has 1 aromatic heterocycles. The Morgan fingerprint density at radius 1 is 1.12 bits per heavy atom. The minimum absolute atomic E-state index is 0.00449. The lowest BCUT2D eigenvalue weighted by Gasteiger charge is -2.07. The number of benzene rings is 2. The number of rotatable bonds is 2. The molecule has 25 heavy (non-hydrogen) atoms. The number of carbonyl (C=O) groups excluding carboxylic acids is 1. The Balaban J connectivity index is 1.67. The van der Waals surface area contributed by atoms with Crippen LogP contribution < -0.4 is 10.6 Å². The summed E-state index contributed by atoms with van der Waals surface area (Å²) in [6.45, 7) is 1.51. The fourth-order valence-electron chi connectivity index (χ4n) is 2.92. The second-order valence-electron chi connectivity index (χ2n) is 5.83. The number of halogens is 3. The van der Waals surface area contributed by atoms with Crippen molar-refractivity contribution in [1.29, 1.82) is 0 Å². The Morgan fingerprint density at radius 3 is 2.72 bits per heavy atom. The summed E-state index contributed by atoms with van der Waals surface area (Å²) >= 11 is 0. The van der Waals surface area contributed by atoms with Gasteiger partial charge < -0.3 is 15.6 Å². The highest BCUT2D eigenvalue weighted by Crippen LogP contribution is 2.29. The zero-order valence-corrected chi connectivity index (χ0v) is 12.9. The molecule has 1 aliphatic heterocycles. The van der Waals surface area contributed by atoms with Gasteiger partial charge in [0.25, 0.3) is 5.91 Å². The molecule has 0 saturated carbocycles. The molecular weight excluding hydrogens is 333 g/mol. The largest absolute Gasteiger partial charge is 0.449 e. The van der Waals surface area contributed by atoms with E-state index in [1.807, 2.05) is 12.1 Å². The van der Waals surface area contributed by atoms with Crippen molar-refractivity contribution >= 4 is 22.6 Å². The van der Waals surface area contributed by atoms with Crippen molar-refractivity contribution in [1.82, 2.24) is 15.3 Å². The van der Waals surface area contributed by atoms with Crippen molar-refractivity contribution in [3.63, 3.8) is 0 Å². The van der Waals surface area contributed by atoms with Gasteiger partial charge in [-0.15, -0.1) is 0 Å². The van der Waals surface area contributed by atoms with E-state index in [0.29, 0.717) is 5.69 Å². The monoisotopic (exact) mass is 346 g/mol. The van der Waals surface area contributed by atoms with Crippen LogP contribution in [0.25, 0.3) is 11.0 Å². The zero-order chi connectivity index (χ0) is 17.6. The predicted octanol–water partition coefficient (Wildman–Crippen LogP) is 3.44. The molecule has 128 valence electrons. The molecule has 1 amide bonds. The summed E-state index contributed by atoms with van der Waals surface area (Å²) in [5.74, 6) is -1.62. The lowest BCUT2D eigenvalue weighted by Crippen LogP contribution is -2.13. The van der Waals surface area contributed by atoms with Crippen LogP contribution in [0.5, 0.6) is 0 Å². The molecule has 0 unspecified atom stereocenters. The molecule has 0 aliphatic carbocycles. The molecule has 3 aromatic rings. The number of nitrogens with zero attached hydrogens (tertiary/aromatic N) is 1. The van der Waals surface area contributed by atoms with Crippen molar-refractivity contribution in [2.75, 3.05) is 5.32 Å². The zero-order valence-electron chi connectivity index (χ0n) is 12.9. The third kappa shape index (κ3) is 2.85. The van der Waals surface area contributed by atoms with Crippen molar-refractivity contribution in [2.45, 2.75) is 19.3 Å². The van der Waals surface area contributed by atoms with Crippen LogP contribution in [-0.2, 0) is 19.3 Å². The Morgan fingerprint density at radius 2 is 1.92 bits per heavy atom. The summed E-state index contributed by atoms with van der Waals surface area (Å²) in [6, 6.07) is 9.97. The molecule has 5 nitrogen and oxygen atoms in total. The molecule has 2 heterocycles. The van der Waals surface area contributed by atoms with E-state index in [2.05, 4.69) is 20.6 Å². The SMILES string of the molecule is O=C(Nc1ccc2c(c1)CNC2)c1cccc2[nH]c(C(F)(F)F)nc12. The fourth-order valence-corrected chi connectivity index (χ4v) is 2.92. The highest BCUT2D eigenvalue weighted by molar-refractivity contribution is 6.11. The van der Waals surface area contributed by atoms with Crippen molar-refractivity contribution in [3.8, 4) is 0 Å². The number of nitrogens with one attached hydrogen (secondary N) is 3. The van der Waals surface area contributed by atoms with Gasteiger partial charge in [0.2, 0.25) is 5.82 Å². The fraction of sp³-hybridized carbons (Fsp3) is 0.176. The number of H-pyrrole nitrogens is 1. The van der Waals surface area contributed by atoms with E-state index in [0.717, 1.165) is 18.7 Å². The Hall–Kier alpha value is -2.87. The topological polar surface area (TPSA) is 69.8 Å². The predicted molar refractivity (Wildman–Crippen MR) is 86.0 cm³/mol. The van der Waals surface area contributed by atoms with Crippen LogP contribution in [0, 0.1) is 0 Å². The first-order valence-corrected chi connectivity index (χ1v) is 7.61. The quantitative estimate of drug-likeness (QED) is 0.666. The number of carbonyl (C=O) groups is 1. The summed E-state index contributed by atoms with van der Waals surface area (Å²) in [6.07, 6.45) is -4.60. The van der Waals surface area contributed by atoms with Crippen LogP contribution >= 0.6 is 0 Å². The van der Waals surface area contributed by atoms with Gasteiger partial charge in [-0.25, -0.2) is 4.98 Å². The minimum Gasteiger partial charge on any atom is -0.334 e. The number of amides is 1. The molecule has 0 bridgehead atoms. The first-order chi connectivity index (χ1) is 11.9. The van der Waals surface area contributed by atoms with Gasteiger partial charge in [-0.2, -0.15) is 13.2 Å². The van der Waals surface area contributed by atoms with Gasteiger partial charge in [0, 0.05) is 18.8 Å². The first kappa shape index (κ1) is 15.6. The molecule has 4 rings (SSSR count). The third-order valence-electron chi connectivity index (χ3n) is 4.12. The number of aromatic nitrogens is 2. The number of fused-ring (bicyclic) bond motifs is 2. The van der Waals surface area contributed by atoms with Crippen molar-refractivity contribution in [3.05, 3.63) is 58.9 Å². The molecule has 0 spiro atoms. The van der Waals surface area contributed by atoms with Gasteiger partial charge in [-0.1, -0.05) is 12.1 Å². The smallest absolute Gasteiger partial charge is 0.334 e. The summed E-state index contributed by atoms with van der Waals surface area (Å²) in [7, 11) is 0. The van der Waals surface area contributed by atoms with E-state index in [9.17, 15) is 18.0 Å². The van der Waals surface area contributed by atoms with Crippen molar-refractivity contribution < 1.29 is 18.0 Å². The molecule has 8 heteroatoms. The average molecular weight is 346 g/mol. The maximum atomic E-state index is 12.8. The van der Waals surface area contributed by atoms with Gasteiger partial charge in [-0.3, -0.25) is 4.79 Å². The number of para-hydroxylation sites is 1. The molecular formula is C17H13F3N4O. The van der Waals surface area contributed by atoms with E-state index >= 15 is 0 Å². The third-order valence-corrected chi connectivity index (χ3v) is 4.12. The summed E-state index contributed by atoms with van der Waals surface area (Å²) < 4.78 is 38.5. The lowest BCUT2D eigenvalue weighted by atomic mass is 10.1. The van der Waals surface area contributed by atoms with Gasteiger partial charge >= 0.3 is 6.18 Å². The highest BCUT2D eigenvalue weighted by atomic mass is 19.4. The molecule has 0 saturated heterocycles. The number of anilines is 1. The van der Waals surface area contributed by atoms with E-state index in [1.54, 1.807) is 6.07 Å². The number of hydrogen-bond acceptors (Lipinski definition) is 3. The summed E-state index contributed by atoms with van der Waals surface area (Å²) in [5.41, 5.74) is 3.10. The second kappa shape index (κ2) is 5.59. The maximum Gasteiger partial charge on any atom is 0.449 e. The summed E-state index contributed by atoms with van der Waals surface area (Å²) in [4.78, 5) is 18.3. The summed E-state index contributed by atoms with van der Waals surface area (Å²) in [5, 5.41) is 5.93. The van der Waals surface area contributed by atoms with Crippen LogP contribution in [0.1, 0.15) is 27.3 Å². The van der Waals surface area contributed by atoms with Gasteiger partial charge in [0.1, 0.15) is 5.52 Å². The second-order valence-corrected chi connectivity index (χ2v) is 5.83. The molecule has 0 atom stereocenters. The minimum atomic E-state index is -4.60. The Kier molecular flexibility index (Phi) is 3.50. The average Bonchev–Trinajstić information content (AvgIpc) is 3.19. The first-order valence-electron chi connectivity index (χ1n) is 7.61. The van der Waals surface area contributed by atoms with Crippen LogP contribution in [0.2, 0.25) is 0 Å². The maximum absolute atomic E-state index is 12.8. The Bertz CT molecular complexity index is 978. The molecule has 0 radical (unpaired) electrons.